The van der Waals surface area contributed by atoms with Crippen LogP contribution >= 0.6 is 23.1 Å². The Morgan fingerprint density at radius 3 is 2.77 bits per heavy atom. The van der Waals surface area contributed by atoms with Crippen LogP contribution in [0.2, 0.25) is 0 Å². The Bertz CT molecular complexity index is 1230. The molecule has 4 aromatic rings. The molecule has 0 aliphatic heterocycles. The van der Waals surface area contributed by atoms with Crippen molar-refractivity contribution in [3.63, 3.8) is 0 Å². The van der Waals surface area contributed by atoms with Gasteiger partial charge in [-0.15, -0.1) is 10.2 Å². The molecule has 0 aliphatic rings. The number of aromatic amines is 1. The van der Waals surface area contributed by atoms with Gasteiger partial charge in [0.25, 0.3) is 5.91 Å². The molecular formula is C21H18N4O3S2. The van der Waals surface area contributed by atoms with Crippen LogP contribution in [0.15, 0.2) is 63.7 Å². The van der Waals surface area contributed by atoms with E-state index in [9.17, 15) is 9.59 Å². The predicted molar refractivity (Wildman–Crippen MR) is 120 cm³/mol. The summed E-state index contributed by atoms with van der Waals surface area (Å²) in [5, 5.41) is 12.0. The molecule has 7 nitrogen and oxygen atoms in total. The first-order valence-corrected chi connectivity index (χ1v) is 11.0. The van der Waals surface area contributed by atoms with E-state index in [0.29, 0.717) is 32.8 Å². The number of H-pyrrole nitrogens is 1. The number of carbonyl (C=O) groups excluding carboxylic acids is 1. The zero-order valence-electron chi connectivity index (χ0n) is 16.0. The van der Waals surface area contributed by atoms with Crippen molar-refractivity contribution in [2.45, 2.75) is 17.0 Å². The average Bonchev–Trinajstić information content (AvgIpc) is 3.20. The fourth-order valence-corrected chi connectivity index (χ4v) is 4.48. The van der Waals surface area contributed by atoms with Gasteiger partial charge in [-0.05, 0) is 43.3 Å². The first kappa shape index (κ1) is 20.1. The number of amides is 1. The molecule has 0 radical (unpaired) electrons. The second-order valence-corrected chi connectivity index (χ2v) is 8.48. The van der Waals surface area contributed by atoms with E-state index in [2.05, 4.69) is 20.5 Å². The van der Waals surface area contributed by atoms with Crippen molar-refractivity contribution in [3.8, 4) is 5.75 Å². The first-order valence-electron chi connectivity index (χ1n) is 9.24. The van der Waals surface area contributed by atoms with Crippen LogP contribution in [0.4, 0.5) is 5.13 Å². The number of ether oxygens (including phenoxy) is 1. The number of aromatic nitrogens is 3. The Kier molecular flexibility index (Phi) is 6.10. The Morgan fingerprint density at radius 1 is 1.17 bits per heavy atom. The van der Waals surface area contributed by atoms with E-state index >= 15 is 0 Å². The van der Waals surface area contributed by atoms with Crippen molar-refractivity contribution in [3.05, 3.63) is 76.1 Å². The molecule has 0 spiro atoms. The van der Waals surface area contributed by atoms with Crippen molar-refractivity contribution in [1.82, 2.24) is 15.2 Å². The number of nitrogens with zero attached hydrogens (tertiary/aromatic N) is 2. The number of hydrogen-bond donors (Lipinski definition) is 2. The lowest BCUT2D eigenvalue weighted by Crippen LogP contribution is -2.11. The minimum atomic E-state index is -0.260. The Labute approximate surface area is 180 Å². The molecule has 0 atom stereocenters. The normalized spacial score (nSPS) is 10.8. The molecule has 2 heterocycles. The molecule has 152 valence electrons. The lowest BCUT2D eigenvalue weighted by atomic mass is 10.2. The third-order valence-corrected chi connectivity index (χ3v) is 6.22. The molecular weight excluding hydrogens is 420 g/mol. The zero-order valence-corrected chi connectivity index (χ0v) is 17.7. The topological polar surface area (TPSA) is 97.0 Å². The zero-order chi connectivity index (χ0) is 20.9. The third-order valence-electron chi connectivity index (χ3n) is 4.20. The van der Waals surface area contributed by atoms with Crippen LogP contribution in [0, 0.1) is 0 Å². The molecule has 4 rings (SSSR count). The molecule has 0 bridgehead atoms. The van der Waals surface area contributed by atoms with Gasteiger partial charge in [-0.1, -0.05) is 35.2 Å². The Balaban J connectivity index is 1.38. The summed E-state index contributed by atoms with van der Waals surface area (Å²) in [5.41, 5.74) is 2.11. The lowest BCUT2D eigenvalue weighted by molar-refractivity contribution is 0.102. The van der Waals surface area contributed by atoms with Gasteiger partial charge in [0, 0.05) is 34.0 Å². The lowest BCUT2D eigenvalue weighted by Gasteiger charge is -2.04. The summed E-state index contributed by atoms with van der Waals surface area (Å²) < 4.78 is 6.08. The van der Waals surface area contributed by atoms with Gasteiger partial charge in [-0.2, -0.15) is 0 Å². The van der Waals surface area contributed by atoms with Crippen molar-refractivity contribution < 1.29 is 9.53 Å². The van der Waals surface area contributed by atoms with Gasteiger partial charge in [-0.25, -0.2) is 0 Å². The predicted octanol–water partition coefficient (Wildman–Crippen LogP) is 4.32. The summed E-state index contributed by atoms with van der Waals surface area (Å²) in [5.74, 6) is 1.00. The number of anilines is 1. The molecule has 9 heteroatoms. The number of thioether (sulfide) groups is 1. The molecule has 2 aromatic heterocycles. The smallest absolute Gasteiger partial charge is 0.257 e. The highest BCUT2D eigenvalue weighted by Gasteiger charge is 2.11. The minimum Gasteiger partial charge on any atom is -0.494 e. The van der Waals surface area contributed by atoms with E-state index < -0.39 is 0 Å². The second kappa shape index (κ2) is 9.10. The maximum Gasteiger partial charge on any atom is 0.257 e. The van der Waals surface area contributed by atoms with Crippen LogP contribution in [0.25, 0.3) is 10.9 Å². The molecule has 2 aromatic carbocycles. The SMILES string of the molecule is CCOc1ccc(C(=O)Nc2nnc(SCc3cc(=O)c4ccccc4[nH]3)s2)cc1. The van der Waals surface area contributed by atoms with Crippen molar-refractivity contribution in [2.24, 2.45) is 0 Å². The summed E-state index contributed by atoms with van der Waals surface area (Å²) in [6.07, 6.45) is 0. The van der Waals surface area contributed by atoms with Crippen molar-refractivity contribution in [1.29, 1.82) is 0 Å². The van der Waals surface area contributed by atoms with Gasteiger partial charge in [0.1, 0.15) is 5.75 Å². The fourth-order valence-electron chi connectivity index (χ4n) is 2.83. The van der Waals surface area contributed by atoms with Crippen molar-refractivity contribution in [2.75, 3.05) is 11.9 Å². The molecule has 0 fully saturated rings. The second-order valence-electron chi connectivity index (χ2n) is 6.28. The van der Waals surface area contributed by atoms with Gasteiger partial charge < -0.3 is 9.72 Å². The van der Waals surface area contributed by atoms with E-state index in [1.54, 1.807) is 36.4 Å². The highest BCUT2D eigenvalue weighted by atomic mass is 32.2. The summed E-state index contributed by atoms with van der Waals surface area (Å²) in [6.45, 7) is 2.48. The molecule has 0 saturated heterocycles. The number of hydrogen-bond acceptors (Lipinski definition) is 7. The van der Waals surface area contributed by atoms with Crippen LogP contribution in [0.3, 0.4) is 0 Å². The van der Waals surface area contributed by atoms with Crippen molar-refractivity contribution >= 4 is 45.0 Å². The molecule has 1 amide bonds. The molecule has 0 aliphatic carbocycles. The number of nitrogens with one attached hydrogen (secondary N) is 2. The van der Waals surface area contributed by atoms with E-state index in [-0.39, 0.29) is 11.3 Å². The maximum atomic E-state index is 12.4. The van der Waals surface area contributed by atoms with Crippen LogP contribution in [0.1, 0.15) is 23.0 Å². The molecule has 2 N–H and O–H groups in total. The van der Waals surface area contributed by atoms with Gasteiger partial charge in [-0.3, -0.25) is 14.9 Å². The number of benzene rings is 2. The Hall–Kier alpha value is -3.17. The minimum absolute atomic E-state index is 0.0134. The number of rotatable bonds is 7. The molecule has 0 unspecified atom stereocenters. The monoisotopic (exact) mass is 438 g/mol. The first-order chi connectivity index (χ1) is 14.6. The van der Waals surface area contributed by atoms with E-state index in [1.807, 2.05) is 25.1 Å². The van der Waals surface area contributed by atoms with Crippen LogP contribution in [-0.4, -0.2) is 27.7 Å². The fraction of sp³-hybridized carbons (Fsp3) is 0.143. The highest BCUT2D eigenvalue weighted by Crippen LogP contribution is 2.28. The van der Waals surface area contributed by atoms with Gasteiger partial charge in [0.05, 0.1) is 6.61 Å². The van der Waals surface area contributed by atoms with Crippen LogP contribution < -0.4 is 15.5 Å². The molecule has 0 saturated carbocycles. The van der Waals surface area contributed by atoms with E-state index in [4.69, 9.17) is 4.74 Å². The van der Waals surface area contributed by atoms with E-state index in [0.717, 1.165) is 17.0 Å². The largest absolute Gasteiger partial charge is 0.494 e. The Morgan fingerprint density at radius 2 is 1.97 bits per heavy atom. The molecule has 30 heavy (non-hydrogen) atoms. The highest BCUT2D eigenvalue weighted by molar-refractivity contribution is 8.00. The number of carbonyl (C=O) groups is 1. The van der Waals surface area contributed by atoms with Crippen LogP contribution in [-0.2, 0) is 5.75 Å². The average molecular weight is 439 g/mol. The number of para-hydroxylation sites is 1. The number of pyridine rings is 1. The summed E-state index contributed by atoms with van der Waals surface area (Å²) in [7, 11) is 0. The standard InChI is InChI=1S/C21H18N4O3S2/c1-2-28-15-9-7-13(8-10-15)19(27)23-20-24-25-21(30-20)29-12-14-11-18(26)16-5-3-4-6-17(16)22-14/h3-11H,2,12H2,1H3,(H,22,26)(H,23,24,27). The van der Waals surface area contributed by atoms with Gasteiger partial charge in [0.15, 0.2) is 9.77 Å². The van der Waals surface area contributed by atoms with Crippen LogP contribution in [0.5, 0.6) is 5.75 Å². The summed E-state index contributed by atoms with van der Waals surface area (Å²) >= 11 is 2.74. The quantitative estimate of drug-likeness (QED) is 0.329. The van der Waals surface area contributed by atoms with E-state index in [1.165, 1.54) is 23.1 Å². The number of fused-ring (bicyclic) bond motifs is 1. The third kappa shape index (κ3) is 4.69. The summed E-state index contributed by atoms with van der Waals surface area (Å²) in [4.78, 5) is 27.9. The summed E-state index contributed by atoms with van der Waals surface area (Å²) in [6, 6.07) is 15.9. The van der Waals surface area contributed by atoms with Gasteiger partial charge >= 0.3 is 0 Å². The maximum absolute atomic E-state index is 12.4. The van der Waals surface area contributed by atoms with Gasteiger partial charge in [0.2, 0.25) is 5.13 Å².